The van der Waals surface area contributed by atoms with Crippen molar-refractivity contribution in [2.75, 3.05) is 0 Å². The SMILES string of the molecule is Cc1c2c(c(O)c3c(O)cccc13)C(=O)C1C(O)=C(C(N)=O)C(=O)C[C@@H]1C2. The number of phenolic OH excluding ortho intramolecular Hbond substituents is 2. The van der Waals surface area contributed by atoms with E-state index >= 15 is 0 Å². The molecule has 0 spiro atoms. The fraction of sp³-hybridized carbons (Fsp3) is 0.250. The van der Waals surface area contributed by atoms with E-state index in [1.54, 1.807) is 19.1 Å². The summed E-state index contributed by atoms with van der Waals surface area (Å²) in [6.07, 6.45) is 0.190. The quantitative estimate of drug-likeness (QED) is 0.567. The second kappa shape index (κ2) is 5.57. The molecule has 1 unspecified atom stereocenters. The lowest BCUT2D eigenvalue weighted by Crippen LogP contribution is -2.41. The van der Waals surface area contributed by atoms with Gasteiger partial charge in [-0.3, -0.25) is 14.4 Å². The molecule has 27 heavy (non-hydrogen) atoms. The Kier molecular flexibility index (Phi) is 3.53. The molecular formula is C20H17NO6. The van der Waals surface area contributed by atoms with Crippen LogP contribution >= 0.6 is 0 Å². The van der Waals surface area contributed by atoms with Gasteiger partial charge in [0, 0.05) is 6.42 Å². The lowest BCUT2D eigenvalue weighted by Gasteiger charge is -2.36. The molecule has 1 amide bonds. The molecule has 5 N–H and O–H groups in total. The molecule has 0 saturated carbocycles. The number of fused-ring (bicyclic) bond motifs is 3. The number of aliphatic hydroxyl groups excluding tert-OH is 1. The van der Waals surface area contributed by atoms with E-state index < -0.39 is 40.6 Å². The second-order valence-corrected chi connectivity index (χ2v) is 7.08. The van der Waals surface area contributed by atoms with Gasteiger partial charge in [-0.1, -0.05) is 12.1 Å². The standard InChI is InChI=1S/C20H17NO6/c1-7-9-3-2-4-11(22)14(9)19(26)15-10(7)5-8-6-12(23)16(20(21)27)18(25)13(8)17(15)24/h2-4,8,13,22,25-26H,5-6H2,1H3,(H2,21,27)/t8-,13?/m0/s1. The van der Waals surface area contributed by atoms with Crippen molar-refractivity contribution in [2.24, 2.45) is 17.6 Å². The fourth-order valence-electron chi connectivity index (χ4n) is 4.43. The van der Waals surface area contributed by atoms with Crippen molar-refractivity contribution < 1.29 is 29.7 Å². The predicted molar refractivity (Wildman–Crippen MR) is 95.5 cm³/mol. The molecule has 0 aromatic heterocycles. The highest BCUT2D eigenvalue weighted by molar-refractivity contribution is 6.21. The highest BCUT2D eigenvalue weighted by Crippen LogP contribution is 2.48. The number of amides is 1. The summed E-state index contributed by atoms with van der Waals surface area (Å²) in [4.78, 5) is 36.9. The Bertz CT molecular complexity index is 1100. The minimum atomic E-state index is -1.12. The van der Waals surface area contributed by atoms with Crippen LogP contribution in [0.25, 0.3) is 10.8 Å². The number of nitrogens with two attached hydrogens (primary N) is 1. The summed E-state index contributed by atoms with van der Waals surface area (Å²) in [5.41, 5.74) is 5.95. The molecule has 2 atom stereocenters. The van der Waals surface area contributed by atoms with Gasteiger partial charge in [0.25, 0.3) is 5.91 Å². The summed E-state index contributed by atoms with van der Waals surface area (Å²) in [6, 6.07) is 4.78. The van der Waals surface area contributed by atoms with Crippen molar-refractivity contribution in [3.8, 4) is 11.5 Å². The van der Waals surface area contributed by atoms with E-state index in [0.29, 0.717) is 10.9 Å². The highest BCUT2D eigenvalue weighted by atomic mass is 16.3. The molecule has 138 valence electrons. The lowest BCUT2D eigenvalue weighted by atomic mass is 9.66. The zero-order valence-corrected chi connectivity index (χ0v) is 14.4. The van der Waals surface area contributed by atoms with Crippen LogP contribution in [-0.4, -0.2) is 32.8 Å². The monoisotopic (exact) mass is 367 g/mol. The average Bonchev–Trinajstić information content (AvgIpc) is 2.58. The molecule has 7 nitrogen and oxygen atoms in total. The number of phenols is 2. The van der Waals surface area contributed by atoms with Gasteiger partial charge in [-0.25, -0.2) is 0 Å². The molecule has 0 saturated heterocycles. The van der Waals surface area contributed by atoms with Crippen LogP contribution in [0.15, 0.2) is 29.5 Å². The van der Waals surface area contributed by atoms with Crippen molar-refractivity contribution >= 4 is 28.2 Å². The van der Waals surface area contributed by atoms with Gasteiger partial charge >= 0.3 is 0 Å². The van der Waals surface area contributed by atoms with E-state index in [0.717, 1.165) is 5.56 Å². The zero-order valence-electron chi connectivity index (χ0n) is 14.4. The first kappa shape index (κ1) is 17.1. The molecular weight excluding hydrogens is 350 g/mol. The van der Waals surface area contributed by atoms with Crippen LogP contribution < -0.4 is 5.73 Å². The third-order valence-corrected chi connectivity index (χ3v) is 5.66. The van der Waals surface area contributed by atoms with Crippen molar-refractivity contribution in [1.29, 1.82) is 0 Å². The van der Waals surface area contributed by atoms with Crippen LogP contribution in [-0.2, 0) is 16.0 Å². The van der Waals surface area contributed by atoms with Crippen LogP contribution in [0.5, 0.6) is 11.5 Å². The van der Waals surface area contributed by atoms with Gasteiger partial charge in [0.05, 0.1) is 16.9 Å². The minimum Gasteiger partial charge on any atom is -0.511 e. The Labute approximate surface area is 153 Å². The number of carbonyl (C=O) groups is 3. The van der Waals surface area contributed by atoms with Gasteiger partial charge in [0.2, 0.25) is 0 Å². The zero-order chi connectivity index (χ0) is 19.6. The minimum absolute atomic E-state index is 0.00692. The van der Waals surface area contributed by atoms with Gasteiger partial charge in [-0.15, -0.1) is 0 Å². The number of rotatable bonds is 1. The van der Waals surface area contributed by atoms with Crippen LogP contribution in [0.3, 0.4) is 0 Å². The van der Waals surface area contributed by atoms with Crippen molar-refractivity contribution in [3.05, 3.63) is 46.2 Å². The molecule has 0 aliphatic heterocycles. The third-order valence-electron chi connectivity index (χ3n) is 5.66. The maximum absolute atomic E-state index is 13.2. The van der Waals surface area contributed by atoms with Gasteiger partial charge in [-0.2, -0.15) is 0 Å². The Morgan fingerprint density at radius 3 is 2.52 bits per heavy atom. The number of aryl methyl sites for hydroxylation is 1. The number of allylic oxidation sites excluding steroid dienone is 1. The third kappa shape index (κ3) is 2.17. The van der Waals surface area contributed by atoms with E-state index in [1.807, 2.05) is 0 Å². The van der Waals surface area contributed by atoms with Gasteiger partial charge < -0.3 is 21.1 Å². The summed E-state index contributed by atoms with van der Waals surface area (Å²) >= 11 is 0. The smallest absolute Gasteiger partial charge is 0.255 e. The van der Waals surface area contributed by atoms with Crippen molar-refractivity contribution in [3.63, 3.8) is 0 Å². The summed E-state index contributed by atoms with van der Waals surface area (Å²) < 4.78 is 0. The molecule has 4 rings (SSSR count). The normalized spacial score (nSPS) is 22.0. The number of carbonyl (C=O) groups excluding carboxylic acids is 3. The summed E-state index contributed by atoms with van der Waals surface area (Å²) in [5, 5.41) is 32.1. The first-order chi connectivity index (χ1) is 12.7. The number of hydrogen-bond acceptors (Lipinski definition) is 6. The Hall–Kier alpha value is -3.35. The molecule has 2 aromatic rings. The first-order valence-electron chi connectivity index (χ1n) is 8.50. The van der Waals surface area contributed by atoms with E-state index in [4.69, 9.17) is 5.73 Å². The number of ketones is 2. The topological polar surface area (TPSA) is 138 Å². The fourth-order valence-corrected chi connectivity index (χ4v) is 4.43. The second-order valence-electron chi connectivity index (χ2n) is 7.08. The lowest BCUT2D eigenvalue weighted by molar-refractivity contribution is -0.122. The number of primary amides is 1. The Morgan fingerprint density at radius 2 is 1.85 bits per heavy atom. The van der Waals surface area contributed by atoms with Gasteiger partial charge in [-0.05, 0) is 41.8 Å². The molecule has 0 heterocycles. The van der Waals surface area contributed by atoms with Crippen molar-refractivity contribution in [1.82, 2.24) is 0 Å². The Balaban J connectivity index is 2.01. The molecule has 0 bridgehead atoms. The Morgan fingerprint density at radius 1 is 1.15 bits per heavy atom. The predicted octanol–water partition coefficient (Wildman–Crippen LogP) is 1.80. The van der Waals surface area contributed by atoms with E-state index in [-0.39, 0.29) is 35.3 Å². The molecule has 7 heteroatoms. The molecule has 0 radical (unpaired) electrons. The number of Topliss-reactive ketones (excluding diaryl/α,β-unsaturated/α-hetero) is 2. The average molecular weight is 367 g/mol. The van der Waals surface area contributed by atoms with Crippen molar-refractivity contribution in [2.45, 2.75) is 19.8 Å². The van der Waals surface area contributed by atoms with Gasteiger partial charge in [0.1, 0.15) is 22.8 Å². The maximum Gasteiger partial charge on any atom is 0.255 e. The largest absolute Gasteiger partial charge is 0.511 e. The maximum atomic E-state index is 13.2. The molecule has 2 aliphatic rings. The van der Waals surface area contributed by atoms with E-state index in [9.17, 15) is 29.7 Å². The molecule has 0 fully saturated rings. The first-order valence-corrected chi connectivity index (χ1v) is 8.50. The number of hydrogen-bond donors (Lipinski definition) is 4. The summed E-state index contributed by atoms with van der Waals surface area (Å²) in [5.74, 6) is -5.05. The number of aliphatic hydroxyl groups is 1. The van der Waals surface area contributed by atoms with Crippen LogP contribution in [0.4, 0.5) is 0 Å². The number of benzene rings is 2. The summed E-state index contributed by atoms with van der Waals surface area (Å²) in [7, 11) is 0. The van der Waals surface area contributed by atoms with Crippen LogP contribution in [0.1, 0.15) is 27.9 Å². The summed E-state index contributed by atoms with van der Waals surface area (Å²) in [6.45, 7) is 1.78. The highest BCUT2D eigenvalue weighted by Gasteiger charge is 2.47. The van der Waals surface area contributed by atoms with E-state index in [2.05, 4.69) is 0 Å². The molecule has 2 aromatic carbocycles. The van der Waals surface area contributed by atoms with Crippen LogP contribution in [0.2, 0.25) is 0 Å². The van der Waals surface area contributed by atoms with E-state index in [1.165, 1.54) is 6.07 Å². The molecule has 2 aliphatic carbocycles. The van der Waals surface area contributed by atoms with Crippen LogP contribution in [0, 0.1) is 18.8 Å². The number of aromatic hydroxyl groups is 2. The van der Waals surface area contributed by atoms with Gasteiger partial charge in [0.15, 0.2) is 11.6 Å².